The molecule has 0 bridgehead atoms. The first-order valence-corrected chi connectivity index (χ1v) is 6.15. The van der Waals surface area contributed by atoms with Gasteiger partial charge in [-0.15, -0.1) is 0 Å². The number of methoxy groups -OCH3 is 1. The molecule has 1 fully saturated rings. The third kappa shape index (κ3) is 3.87. The number of nitrogens with one attached hydrogen (secondary N) is 1. The molecular weight excluding hydrogens is 248 g/mol. The van der Waals surface area contributed by atoms with Gasteiger partial charge in [0.1, 0.15) is 12.4 Å². The van der Waals surface area contributed by atoms with E-state index in [1.54, 1.807) is 7.11 Å². The van der Waals surface area contributed by atoms with E-state index in [9.17, 15) is 4.79 Å². The number of anilines is 1. The van der Waals surface area contributed by atoms with Crippen LogP contribution in [0.2, 0.25) is 0 Å². The van der Waals surface area contributed by atoms with Crippen molar-refractivity contribution < 1.29 is 14.3 Å². The molecule has 1 aromatic heterocycles. The number of carbonyl (C=O) groups excluding carboxylic acids is 1. The van der Waals surface area contributed by atoms with Crippen molar-refractivity contribution in [3.63, 3.8) is 0 Å². The molecular formula is C12H18N4O3. The lowest BCUT2D eigenvalue weighted by Crippen LogP contribution is -2.22. The summed E-state index contributed by atoms with van der Waals surface area (Å²) in [7, 11) is 1.59. The molecule has 0 radical (unpaired) electrons. The number of primary amides is 1. The van der Waals surface area contributed by atoms with Gasteiger partial charge in [0, 0.05) is 25.7 Å². The van der Waals surface area contributed by atoms with Gasteiger partial charge in [-0.1, -0.05) is 0 Å². The van der Waals surface area contributed by atoms with Gasteiger partial charge in [0.05, 0.1) is 18.8 Å². The summed E-state index contributed by atoms with van der Waals surface area (Å²) >= 11 is 0. The number of amides is 1. The molecule has 1 unspecified atom stereocenters. The van der Waals surface area contributed by atoms with Gasteiger partial charge in [-0.05, 0) is 6.42 Å². The number of carbonyl (C=O) groups is 1. The summed E-state index contributed by atoms with van der Waals surface area (Å²) in [5.74, 6) is 1.01. The largest absolute Gasteiger partial charge is 0.381 e. The summed E-state index contributed by atoms with van der Waals surface area (Å²) < 4.78 is 10.4. The average molecular weight is 266 g/mol. The highest BCUT2D eigenvalue weighted by atomic mass is 16.5. The SMILES string of the molecule is COCc1nc(NCC(N)=O)cc(C2CCOC2)n1. The van der Waals surface area contributed by atoms with Crippen molar-refractivity contribution in [1.29, 1.82) is 0 Å². The first-order valence-electron chi connectivity index (χ1n) is 6.15. The molecule has 1 atom stereocenters. The normalized spacial score (nSPS) is 18.5. The minimum absolute atomic E-state index is 0.0457. The molecule has 1 aliphatic rings. The Morgan fingerprint density at radius 3 is 3.11 bits per heavy atom. The van der Waals surface area contributed by atoms with E-state index in [1.165, 1.54) is 0 Å². The van der Waals surface area contributed by atoms with E-state index in [-0.39, 0.29) is 12.5 Å². The van der Waals surface area contributed by atoms with Gasteiger partial charge >= 0.3 is 0 Å². The van der Waals surface area contributed by atoms with Crippen molar-refractivity contribution in [1.82, 2.24) is 9.97 Å². The van der Waals surface area contributed by atoms with Crippen LogP contribution in [0.4, 0.5) is 5.82 Å². The minimum atomic E-state index is -0.433. The zero-order chi connectivity index (χ0) is 13.7. The summed E-state index contributed by atoms with van der Waals surface area (Å²) in [6.07, 6.45) is 0.943. The maximum absolute atomic E-state index is 10.8. The molecule has 104 valence electrons. The molecule has 2 rings (SSSR count). The predicted molar refractivity (Wildman–Crippen MR) is 68.6 cm³/mol. The lowest BCUT2D eigenvalue weighted by atomic mass is 10.0. The zero-order valence-corrected chi connectivity index (χ0v) is 10.9. The molecule has 7 nitrogen and oxygen atoms in total. The molecule has 1 aliphatic heterocycles. The van der Waals surface area contributed by atoms with Crippen LogP contribution in [0.3, 0.4) is 0 Å². The molecule has 3 N–H and O–H groups in total. The second kappa shape index (κ2) is 6.44. The van der Waals surface area contributed by atoms with Gasteiger partial charge in [0.2, 0.25) is 5.91 Å². The van der Waals surface area contributed by atoms with Crippen LogP contribution < -0.4 is 11.1 Å². The Morgan fingerprint density at radius 1 is 1.63 bits per heavy atom. The van der Waals surface area contributed by atoms with Crippen LogP contribution in [0, 0.1) is 0 Å². The quantitative estimate of drug-likeness (QED) is 0.753. The van der Waals surface area contributed by atoms with Gasteiger partial charge in [-0.2, -0.15) is 0 Å². The zero-order valence-electron chi connectivity index (χ0n) is 10.9. The fourth-order valence-electron chi connectivity index (χ4n) is 1.96. The van der Waals surface area contributed by atoms with E-state index in [1.807, 2.05) is 6.07 Å². The molecule has 7 heteroatoms. The second-order valence-corrected chi connectivity index (χ2v) is 4.41. The van der Waals surface area contributed by atoms with E-state index in [0.717, 1.165) is 18.7 Å². The molecule has 1 amide bonds. The van der Waals surface area contributed by atoms with Crippen LogP contribution in [0.1, 0.15) is 23.9 Å². The van der Waals surface area contributed by atoms with E-state index < -0.39 is 5.91 Å². The summed E-state index contributed by atoms with van der Waals surface area (Å²) in [5.41, 5.74) is 6.02. The van der Waals surface area contributed by atoms with Crippen LogP contribution in [0.5, 0.6) is 0 Å². The number of hydrogen-bond acceptors (Lipinski definition) is 6. The van der Waals surface area contributed by atoms with Crippen LogP contribution in [0.15, 0.2) is 6.07 Å². The molecule has 19 heavy (non-hydrogen) atoms. The average Bonchev–Trinajstić information content (AvgIpc) is 2.90. The first kappa shape index (κ1) is 13.7. The van der Waals surface area contributed by atoms with Crippen molar-refractivity contribution in [3.8, 4) is 0 Å². The summed E-state index contributed by atoms with van der Waals surface area (Å²) in [4.78, 5) is 19.5. The molecule has 0 aliphatic carbocycles. The number of hydrogen-bond donors (Lipinski definition) is 2. The number of nitrogens with two attached hydrogens (primary N) is 1. The lowest BCUT2D eigenvalue weighted by Gasteiger charge is -2.12. The Labute approximate surface area is 111 Å². The first-order chi connectivity index (χ1) is 9.19. The van der Waals surface area contributed by atoms with Gasteiger partial charge in [-0.3, -0.25) is 4.79 Å². The Kier molecular flexibility index (Phi) is 4.64. The number of aromatic nitrogens is 2. The smallest absolute Gasteiger partial charge is 0.236 e. The summed E-state index contributed by atoms with van der Waals surface area (Å²) in [5, 5.41) is 2.88. The molecule has 0 spiro atoms. The predicted octanol–water partition coefficient (Wildman–Crippen LogP) is 0.0241. The Morgan fingerprint density at radius 2 is 2.47 bits per heavy atom. The highest BCUT2D eigenvalue weighted by Gasteiger charge is 2.20. The fourth-order valence-corrected chi connectivity index (χ4v) is 1.96. The van der Waals surface area contributed by atoms with Crippen molar-refractivity contribution in [2.75, 3.05) is 32.2 Å². The van der Waals surface area contributed by atoms with Crippen LogP contribution in [-0.2, 0) is 20.9 Å². The van der Waals surface area contributed by atoms with Crippen molar-refractivity contribution in [2.45, 2.75) is 18.9 Å². The van der Waals surface area contributed by atoms with Crippen molar-refractivity contribution in [3.05, 3.63) is 17.6 Å². The maximum Gasteiger partial charge on any atom is 0.236 e. The minimum Gasteiger partial charge on any atom is -0.381 e. The van der Waals surface area contributed by atoms with Crippen LogP contribution in [0.25, 0.3) is 0 Å². The van der Waals surface area contributed by atoms with E-state index in [0.29, 0.717) is 24.9 Å². The van der Waals surface area contributed by atoms with Gasteiger partial charge in [0.15, 0.2) is 5.82 Å². The molecule has 2 heterocycles. The van der Waals surface area contributed by atoms with Crippen LogP contribution >= 0.6 is 0 Å². The molecule has 0 aromatic carbocycles. The number of ether oxygens (including phenoxy) is 2. The highest BCUT2D eigenvalue weighted by molar-refractivity contribution is 5.78. The number of nitrogens with zero attached hydrogens (tertiary/aromatic N) is 2. The molecule has 1 saturated heterocycles. The monoisotopic (exact) mass is 266 g/mol. The molecule has 1 aromatic rings. The van der Waals surface area contributed by atoms with Crippen LogP contribution in [-0.4, -0.2) is 42.7 Å². The van der Waals surface area contributed by atoms with E-state index in [2.05, 4.69) is 15.3 Å². The van der Waals surface area contributed by atoms with Crippen molar-refractivity contribution >= 4 is 11.7 Å². The Balaban J connectivity index is 2.18. The lowest BCUT2D eigenvalue weighted by molar-refractivity contribution is -0.116. The second-order valence-electron chi connectivity index (χ2n) is 4.41. The number of rotatable bonds is 6. The third-order valence-corrected chi connectivity index (χ3v) is 2.86. The van der Waals surface area contributed by atoms with E-state index >= 15 is 0 Å². The topological polar surface area (TPSA) is 99.4 Å². The third-order valence-electron chi connectivity index (χ3n) is 2.86. The Bertz CT molecular complexity index is 447. The Hall–Kier alpha value is -1.73. The standard InChI is InChI=1S/C12H18N4O3/c1-18-7-12-15-9(8-2-3-19-6-8)4-11(16-12)14-5-10(13)17/h4,8H,2-3,5-7H2,1H3,(H2,13,17)(H,14,15,16). The summed E-state index contributed by atoms with van der Waals surface area (Å²) in [6.45, 7) is 1.79. The summed E-state index contributed by atoms with van der Waals surface area (Å²) in [6, 6.07) is 1.83. The van der Waals surface area contributed by atoms with Gasteiger partial charge in [-0.25, -0.2) is 9.97 Å². The van der Waals surface area contributed by atoms with E-state index in [4.69, 9.17) is 15.2 Å². The highest BCUT2D eigenvalue weighted by Crippen LogP contribution is 2.25. The van der Waals surface area contributed by atoms with Gasteiger partial charge < -0.3 is 20.5 Å². The van der Waals surface area contributed by atoms with Gasteiger partial charge in [0.25, 0.3) is 0 Å². The maximum atomic E-state index is 10.8. The molecule has 0 saturated carbocycles. The fraction of sp³-hybridized carbons (Fsp3) is 0.583. The van der Waals surface area contributed by atoms with Crippen molar-refractivity contribution in [2.24, 2.45) is 5.73 Å².